The topological polar surface area (TPSA) is 64.3 Å². The van der Waals surface area contributed by atoms with Crippen molar-refractivity contribution in [1.29, 1.82) is 0 Å². The quantitative estimate of drug-likeness (QED) is 0.853. The zero-order chi connectivity index (χ0) is 15.9. The molecule has 2 aromatic carbocycles. The molecule has 0 saturated heterocycles. The number of ether oxygens (including phenoxy) is 1. The summed E-state index contributed by atoms with van der Waals surface area (Å²) in [6.07, 6.45) is 0. The van der Waals surface area contributed by atoms with Gasteiger partial charge in [-0.25, -0.2) is 0 Å². The van der Waals surface area contributed by atoms with Crippen molar-refractivity contribution in [2.24, 2.45) is 5.73 Å². The van der Waals surface area contributed by atoms with Gasteiger partial charge in [-0.1, -0.05) is 42.5 Å². The van der Waals surface area contributed by atoms with Gasteiger partial charge in [0.05, 0.1) is 19.1 Å². The first-order chi connectivity index (χ1) is 10.7. The molecule has 124 valence electrons. The predicted octanol–water partition coefficient (Wildman–Crippen LogP) is 3.04. The average Bonchev–Trinajstić information content (AvgIpc) is 2.56. The minimum absolute atomic E-state index is 0. The van der Waals surface area contributed by atoms with Crippen LogP contribution >= 0.6 is 12.4 Å². The van der Waals surface area contributed by atoms with Gasteiger partial charge in [0.15, 0.2) is 0 Å². The lowest BCUT2D eigenvalue weighted by Crippen LogP contribution is -2.35. The van der Waals surface area contributed by atoms with Crippen LogP contribution in [0.5, 0.6) is 5.75 Å². The van der Waals surface area contributed by atoms with Gasteiger partial charge in [0, 0.05) is 6.54 Å². The highest BCUT2D eigenvalue weighted by Gasteiger charge is 2.20. The molecule has 23 heavy (non-hydrogen) atoms. The van der Waals surface area contributed by atoms with Crippen LogP contribution in [0, 0.1) is 0 Å². The number of rotatable bonds is 6. The number of carbonyl (C=O) groups is 1. The van der Waals surface area contributed by atoms with Gasteiger partial charge in [-0.2, -0.15) is 0 Å². The van der Waals surface area contributed by atoms with Crippen LogP contribution in [0.2, 0.25) is 0 Å². The summed E-state index contributed by atoms with van der Waals surface area (Å²) in [5.41, 5.74) is 7.74. The Morgan fingerprint density at radius 1 is 1.09 bits per heavy atom. The summed E-state index contributed by atoms with van der Waals surface area (Å²) in [6.45, 7) is 2.24. The van der Waals surface area contributed by atoms with Crippen LogP contribution in [0.4, 0.5) is 0 Å². The molecule has 0 saturated carbocycles. The molecule has 1 amide bonds. The molecule has 0 aromatic heterocycles. The Morgan fingerprint density at radius 2 is 1.70 bits per heavy atom. The summed E-state index contributed by atoms with van der Waals surface area (Å²) in [5, 5.41) is 3.02. The minimum atomic E-state index is -0.332. The average molecular weight is 335 g/mol. The van der Waals surface area contributed by atoms with Gasteiger partial charge in [0.1, 0.15) is 5.75 Å². The number of nitrogens with two attached hydrogens (primary N) is 1. The molecule has 2 atom stereocenters. The van der Waals surface area contributed by atoms with E-state index in [0.717, 1.165) is 16.9 Å². The summed E-state index contributed by atoms with van der Waals surface area (Å²) in [4.78, 5) is 12.5. The number of methoxy groups -OCH3 is 1. The summed E-state index contributed by atoms with van der Waals surface area (Å²) in [7, 11) is 1.63. The molecule has 0 fully saturated rings. The van der Waals surface area contributed by atoms with Crippen LogP contribution in [-0.2, 0) is 4.79 Å². The zero-order valence-corrected chi connectivity index (χ0v) is 14.2. The van der Waals surface area contributed by atoms with Crippen molar-refractivity contribution in [2.45, 2.75) is 18.9 Å². The Balaban J connectivity index is 0.00000264. The Morgan fingerprint density at radius 3 is 2.22 bits per heavy atom. The standard InChI is InChI=1S/C18H22N2O2.ClH/c1-13(14-8-10-16(22-2)11-9-14)20-18(21)17(12-19)15-6-4-3-5-7-15;/h3-11,13,17H,12,19H2,1-2H3,(H,20,21);1H. The maximum atomic E-state index is 12.5. The van der Waals surface area contributed by atoms with Gasteiger partial charge in [0.2, 0.25) is 5.91 Å². The Kier molecular flexibility index (Phi) is 7.59. The third-order valence-electron chi connectivity index (χ3n) is 3.73. The molecular formula is C18H23ClN2O2. The van der Waals surface area contributed by atoms with E-state index in [1.165, 1.54) is 0 Å². The Bertz CT molecular complexity index is 602. The monoisotopic (exact) mass is 334 g/mol. The number of hydrogen-bond donors (Lipinski definition) is 2. The summed E-state index contributed by atoms with van der Waals surface area (Å²) in [5.74, 6) is 0.408. The fourth-order valence-electron chi connectivity index (χ4n) is 2.37. The Labute approximate surface area is 143 Å². The van der Waals surface area contributed by atoms with Gasteiger partial charge >= 0.3 is 0 Å². The molecule has 0 aliphatic carbocycles. The summed E-state index contributed by atoms with van der Waals surface area (Å²) < 4.78 is 5.14. The lowest BCUT2D eigenvalue weighted by molar-refractivity contribution is -0.123. The van der Waals surface area contributed by atoms with Crippen LogP contribution in [-0.4, -0.2) is 19.6 Å². The molecular weight excluding hydrogens is 312 g/mol. The van der Waals surface area contributed by atoms with Crippen molar-refractivity contribution in [3.8, 4) is 5.75 Å². The maximum absolute atomic E-state index is 12.5. The maximum Gasteiger partial charge on any atom is 0.229 e. The molecule has 0 radical (unpaired) electrons. The third kappa shape index (κ3) is 4.98. The fourth-order valence-corrected chi connectivity index (χ4v) is 2.37. The number of halogens is 1. The van der Waals surface area contributed by atoms with Crippen LogP contribution < -0.4 is 15.8 Å². The van der Waals surface area contributed by atoms with Crippen LogP contribution in [0.3, 0.4) is 0 Å². The molecule has 5 heteroatoms. The van der Waals surface area contributed by atoms with E-state index in [-0.39, 0.29) is 36.8 Å². The first kappa shape index (κ1) is 19.0. The van der Waals surface area contributed by atoms with E-state index < -0.39 is 0 Å². The second kappa shape index (κ2) is 9.18. The van der Waals surface area contributed by atoms with Gasteiger partial charge < -0.3 is 15.8 Å². The number of hydrogen-bond acceptors (Lipinski definition) is 3. The number of benzene rings is 2. The normalized spacial score (nSPS) is 12.7. The zero-order valence-electron chi connectivity index (χ0n) is 13.4. The van der Waals surface area contributed by atoms with Crippen molar-refractivity contribution < 1.29 is 9.53 Å². The van der Waals surface area contributed by atoms with Crippen molar-refractivity contribution in [2.75, 3.05) is 13.7 Å². The number of amides is 1. The molecule has 2 unspecified atom stereocenters. The predicted molar refractivity (Wildman–Crippen MR) is 95.0 cm³/mol. The van der Waals surface area contributed by atoms with Crippen LogP contribution in [0.15, 0.2) is 54.6 Å². The second-order valence-corrected chi connectivity index (χ2v) is 5.20. The van der Waals surface area contributed by atoms with E-state index in [1.807, 2.05) is 61.5 Å². The van der Waals surface area contributed by atoms with E-state index in [1.54, 1.807) is 7.11 Å². The second-order valence-electron chi connectivity index (χ2n) is 5.20. The fraction of sp³-hybridized carbons (Fsp3) is 0.278. The highest BCUT2D eigenvalue weighted by atomic mass is 35.5. The lowest BCUT2D eigenvalue weighted by atomic mass is 9.97. The molecule has 0 spiro atoms. The number of nitrogens with one attached hydrogen (secondary N) is 1. The highest BCUT2D eigenvalue weighted by molar-refractivity contribution is 5.85. The van der Waals surface area contributed by atoms with Crippen molar-refractivity contribution >= 4 is 18.3 Å². The molecule has 0 aliphatic heterocycles. The van der Waals surface area contributed by atoms with E-state index >= 15 is 0 Å². The third-order valence-corrected chi connectivity index (χ3v) is 3.73. The lowest BCUT2D eigenvalue weighted by Gasteiger charge is -2.20. The molecule has 4 nitrogen and oxygen atoms in total. The van der Waals surface area contributed by atoms with Crippen molar-refractivity contribution in [3.05, 3.63) is 65.7 Å². The van der Waals surface area contributed by atoms with Crippen molar-refractivity contribution in [3.63, 3.8) is 0 Å². The first-order valence-corrected chi connectivity index (χ1v) is 7.35. The van der Waals surface area contributed by atoms with Crippen molar-refractivity contribution in [1.82, 2.24) is 5.32 Å². The number of carbonyl (C=O) groups excluding carboxylic acids is 1. The smallest absolute Gasteiger partial charge is 0.229 e. The van der Waals surface area contributed by atoms with E-state index in [2.05, 4.69) is 5.32 Å². The molecule has 0 heterocycles. The minimum Gasteiger partial charge on any atom is -0.497 e. The molecule has 3 N–H and O–H groups in total. The molecule has 0 aliphatic rings. The summed E-state index contributed by atoms with van der Waals surface area (Å²) >= 11 is 0. The highest BCUT2D eigenvalue weighted by Crippen LogP contribution is 2.20. The van der Waals surface area contributed by atoms with Crippen LogP contribution in [0.1, 0.15) is 30.0 Å². The summed E-state index contributed by atoms with van der Waals surface area (Å²) in [6, 6.07) is 17.2. The van der Waals surface area contributed by atoms with Gasteiger partial charge in [-0.15, -0.1) is 12.4 Å². The van der Waals surface area contributed by atoms with E-state index in [0.29, 0.717) is 0 Å². The first-order valence-electron chi connectivity index (χ1n) is 7.35. The van der Waals surface area contributed by atoms with E-state index in [4.69, 9.17) is 10.5 Å². The molecule has 2 rings (SSSR count). The Hall–Kier alpha value is -2.04. The van der Waals surface area contributed by atoms with Gasteiger partial charge in [0.25, 0.3) is 0 Å². The SMILES string of the molecule is COc1ccc(C(C)NC(=O)C(CN)c2ccccc2)cc1.Cl. The van der Waals surface area contributed by atoms with Gasteiger partial charge in [-0.05, 0) is 30.2 Å². The van der Waals surface area contributed by atoms with E-state index in [9.17, 15) is 4.79 Å². The molecule has 0 bridgehead atoms. The molecule has 2 aromatic rings. The largest absolute Gasteiger partial charge is 0.497 e. The van der Waals surface area contributed by atoms with Gasteiger partial charge in [-0.3, -0.25) is 4.79 Å². The van der Waals surface area contributed by atoms with Crippen LogP contribution in [0.25, 0.3) is 0 Å².